The molecular formula is C5H8ClNO4. The van der Waals surface area contributed by atoms with Gasteiger partial charge in [0.25, 0.3) is 0 Å². The summed E-state index contributed by atoms with van der Waals surface area (Å²) < 4.78 is 4.36. The van der Waals surface area contributed by atoms with Gasteiger partial charge in [-0.15, -0.1) is 0 Å². The van der Waals surface area contributed by atoms with Gasteiger partial charge in [0.05, 0.1) is 11.5 Å². The van der Waals surface area contributed by atoms with Gasteiger partial charge in [-0.2, -0.15) is 0 Å². The van der Waals surface area contributed by atoms with E-state index in [1.807, 2.05) is 0 Å². The molecular weight excluding hydrogens is 174 g/mol. The molecule has 0 heterocycles. The number of hydrogen-bond donors (Lipinski definition) is 0. The lowest BCUT2D eigenvalue weighted by Gasteiger charge is -2.10. The van der Waals surface area contributed by atoms with E-state index < -0.39 is 15.9 Å². The second kappa shape index (κ2) is 3.52. The van der Waals surface area contributed by atoms with E-state index in [1.165, 1.54) is 0 Å². The number of carbonyl (C=O) groups excluding carboxylic acids is 1. The Labute approximate surface area is 68.4 Å². The minimum absolute atomic E-state index is 0.0784. The lowest BCUT2D eigenvalue weighted by Crippen LogP contribution is -2.39. The molecule has 0 amide bonds. The molecule has 0 rings (SSSR count). The number of esters is 1. The maximum atomic E-state index is 10.7. The smallest absolute Gasteiger partial charge is 0.401 e. The predicted molar refractivity (Wildman–Crippen MR) is 37.9 cm³/mol. The van der Waals surface area contributed by atoms with Gasteiger partial charge in [-0.25, -0.2) is 4.79 Å². The molecule has 11 heavy (non-hydrogen) atoms. The van der Waals surface area contributed by atoms with Crippen LogP contribution in [0.5, 0.6) is 0 Å². The summed E-state index contributed by atoms with van der Waals surface area (Å²) in [6.45, 7) is 2.60. The van der Waals surface area contributed by atoms with E-state index >= 15 is 0 Å². The summed E-state index contributed by atoms with van der Waals surface area (Å²) in [5, 5.41) is 10.1. The van der Waals surface area contributed by atoms with Crippen molar-refractivity contribution in [2.75, 3.05) is 6.61 Å². The van der Waals surface area contributed by atoms with Gasteiger partial charge in [-0.05, 0) is 18.5 Å². The number of ether oxygens (including phenoxy) is 1. The van der Waals surface area contributed by atoms with Gasteiger partial charge in [0.1, 0.15) is 0 Å². The molecule has 0 aromatic carbocycles. The summed E-state index contributed by atoms with van der Waals surface area (Å²) in [5.74, 6) is -1.04. The van der Waals surface area contributed by atoms with Crippen LogP contribution in [0.2, 0.25) is 0 Å². The Morgan fingerprint density at radius 1 is 1.82 bits per heavy atom. The predicted octanol–water partition coefficient (Wildman–Crippen LogP) is 0.781. The minimum Gasteiger partial charge on any atom is -0.460 e. The Kier molecular flexibility index (Phi) is 3.25. The largest absolute Gasteiger partial charge is 0.460 e. The second-order valence-electron chi connectivity index (χ2n) is 1.93. The first kappa shape index (κ1) is 10.2. The average molecular weight is 182 g/mol. The van der Waals surface area contributed by atoms with Crippen LogP contribution >= 0.6 is 11.6 Å². The zero-order valence-corrected chi connectivity index (χ0v) is 6.92. The highest BCUT2D eigenvalue weighted by atomic mass is 35.5. The van der Waals surface area contributed by atoms with Crippen molar-refractivity contribution in [1.82, 2.24) is 0 Å². The summed E-state index contributed by atoms with van der Waals surface area (Å²) in [6.07, 6.45) is 0. The summed E-state index contributed by atoms with van der Waals surface area (Å²) in [7, 11) is 0. The van der Waals surface area contributed by atoms with Crippen LogP contribution in [0.25, 0.3) is 0 Å². The molecule has 0 aromatic rings. The first-order valence-corrected chi connectivity index (χ1v) is 3.31. The van der Waals surface area contributed by atoms with Crippen molar-refractivity contribution in [2.45, 2.75) is 18.8 Å². The van der Waals surface area contributed by atoms with E-state index in [9.17, 15) is 14.9 Å². The Morgan fingerprint density at radius 2 is 2.27 bits per heavy atom. The van der Waals surface area contributed by atoms with E-state index in [4.69, 9.17) is 11.6 Å². The van der Waals surface area contributed by atoms with Crippen LogP contribution in [-0.2, 0) is 9.53 Å². The van der Waals surface area contributed by atoms with Gasteiger partial charge in [-0.1, -0.05) is 0 Å². The summed E-state index contributed by atoms with van der Waals surface area (Å²) in [4.78, 5) is 17.8. The maximum Gasteiger partial charge on any atom is 0.401 e. The zero-order valence-electron chi connectivity index (χ0n) is 6.17. The Bertz CT molecular complexity index is 179. The third-order valence-electron chi connectivity index (χ3n) is 0.991. The molecule has 0 saturated carbocycles. The van der Waals surface area contributed by atoms with Crippen molar-refractivity contribution < 1.29 is 14.5 Å². The van der Waals surface area contributed by atoms with Crippen molar-refractivity contribution >= 4 is 17.6 Å². The van der Waals surface area contributed by atoms with Crippen molar-refractivity contribution in [2.24, 2.45) is 0 Å². The normalized spacial score (nSPS) is 15.2. The molecule has 0 fully saturated rings. The highest BCUT2D eigenvalue weighted by molar-refractivity contribution is 6.32. The quantitative estimate of drug-likeness (QED) is 0.212. The summed E-state index contributed by atoms with van der Waals surface area (Å²) in [5.41, 5.74) is 0. The lowest BCUT2D eigenvalue weighted by atomic mass is 10.3. The Hall–Kier alpha value is -0.840. The number of nitrogens with zero attached hydrogens (tertiary/aromatic N) is 1. The zero-order chi connectivity index (χ0) is 9.07. The monoisotopic (exact) mass is 181 g/mol. The van der Waals surface area contributed by atoms with E-state index in [0.29, 0.717) is 0 Å². The molecule has 5 nitrogen and oxygen atoms in total. The van der Waals surface area contributed by atoms with Crippen LogP contribution in [0, 0.1) is 10.1 Å². The van der Waals surface area contributed by atoms with Gasteiger partial charge < -0.3 is 4.74 Å². The molecule has 0 N–H and O–H groups in total. The maximum absolute atomic E-state index is 10.7. The number of nitro groups is 1. The van der Waals surface area contributed by atoms with Crippen LogP contribution in [0.3, 0.4) is 0 Å². The molecule has 0 aliphatic carbocycles. The molecule has 0 saturated heterocycles. The number of halogens is 1. The Balaban J connectivity index is 4.30. The third-order valence-corrected chi connectivity index (χ3v) is 1.28. The van der Waals surface area contributed by atoms with Crippen molar-refractivity contribution in [3.05, 3.63) is 10.1 Å². The third kappa shape index (κ3) is 2.34. The fourth-order valence-electron chi connectivity index (χ4n) is 0.337. The van der Waals surface area contributed by atoms with Crippen LogP contribution < -0.4 is 0 Å². The molecule has 1 unspecified atom stereocenters. The fourth-order valence-corrected chi connectivity index (χ4v) is 0.392. The second-order valence-corrected chi connectivity index (χ2v) is 2.67. The van der Waals surface area contributed by atoms with Crippen LogP contribution in [0.15, 0.2) is 0 Å². The summed E-state index contributed by atoms with van der Waals surface area (Å²) >= 11 is 5.23. The average Bonchev–Trinajstić information content (AvgIpc) is 1.88. The van der Waals surface area contributed by atoms with Crippen LogP contribution in [0.1, 0.15) is 13.8 Å². The van der Waals surface area contributed by atoms with Crippen LogP contribution in [-0.4, -0.2) is 22.5 Å². The number of alkyl halides is 1. The molecule has 6 heteroatoms. The molecule has 0 aromatic heterocycles. The Morgan fingerprint density at radius 3 is 2.55 bits per heavy atom. The topological polar surface area (TPSA) is 69.4 Å². The summed E-state index contributed by atoms with van der Waals surface area (Å²) in [6, 6.07) is 0. The number of rotatable bonds is 3. The highest BCUT2D eigenvalue weighted by Crippen LogP contribution is 2.16. The lowest BCUT2D eigenvalue weighted by molar-refractivity contribution is -0.524. The first-order valence-electron chi connectivity index (χ1n) is 2.93. The molecule has 0 spiro atoms. The molecule has 0 radical (unpaired) electrons. The van der Waals surface area contributed by atoms with E-state index in [-0.39, 0.29) is 6.61 Å². The van der Waals surface area contributed by atoms with Crippen molar-refractivity contribution in [3.63, 3.8) is 0 Å². The molecule has 0 aliphatic rings. The van der Waals surface area contributed by atoms with E-state index in [1.54, 1.807) is 6.92 Å². The van der Waals surface area contributed by atoms with Crippen LogP contribution in [0.4, 0.5) is 0 Å². The van der Waals surface area contributed by atoms with Crippen molar-refractivity contribution in [1.29, 1.82) is 0 Å². The number of carbonyl (C=O) groups is 1. The van der Waals surface area contributed by atoms with Gasteiger partial charge >= 0.3 is 11.0 Å². The molecule has 0 aliphatic heterocycles. The van der Waals surface area contributed by atoms with E-state index in [0.717, 1.165) is 6.92 Å². The first-order chi connectivity index (χ1) is 4.92. The highest BCUT2D eigenvalue weighted by Gasteiger charge is 2.45. The van der Waals surface area contributed by atoms with Gasteiger partial charge in [0, 0.05) is 6.92 Å². The standard InChI is InChI=1S/C5H8ClNO4/c1-3-11-4(8)5(2,6)7(9)10/h3H2,1-2H3. The SMILES string of the molecule is CCOC(=O)C(C)(Cl)[N+](=O)[O-]. The number of hydrogen-bond acceptors (Lipinski definition) is 4. The van der Waals surface area contributed by atoms with Gasteiger partial charge in [0.15, 0.2) is 0 Å². The minimum atomic E-state index is -2.16. The van der Waals surface area contributed by atoms with Crippen molar-refractivity contribution in [3.8, 4) is 0 Å². The fraction of sp³-hybridized carbons (Fsp3) is 0.800. The molecule has 64 valence electrons. The van der Waals surface area contributed by atoms with Gasteiger partial charge in [0.2, 0.25) is 0 Å². The molecule has 0 bridgehead atoms. The van der Waals surface area contributed by atoms with E-state index in [2.05, 4.69) is 4.74 Å². The van der Waals surface area contributed by atoms with Gasteiger partial charge in [-0.3, -0.25) is 10.1 Å². The molecule has 1 atom stereocenters.